The van der Waals surface area contributed by atoms with Crippen LogP contribution in [0.25, 0.3) is 10.9 Å². The maximum atomic E-state index is 5.99. The Morgan fingerprint density at radius 1 is 1.38 bits per heavy atom. The summed E-state index contributed by atoms with van der Waals surface area (Å²) in [6, 6.07) is 7.01. The van der Waals surface area contributed by atoms with E-state index in [2.05, 4.69) is 40.6 Å². The number of ether oxygens (including phenoxy) is 1. The number of anilines is 1. The molecular formula is C17H23N3O. The maximum Gasteiger partial charge on any atom is 0.0670 e. The number of fused-ring (bicyclic) bond motifs is 1. The van der Waals surface area contributed by atoms with Crippen molar-refractivity contribution in [1.82, 2.24) is 10.2 Å². The Labute approximate surface area is 125 Å². The van der Waals surface area contributed by atoms with E-state index < -0.39 is 0 Å². The molecule has 1 aromatic heterocycles. The predicted molar refractivity (Wildman–Crippen MR) is 84.4 cm³/mol. The first-order valence-corrected chi connectivity index (χ1v) is 8.13. The van der Waals surface area contributed by atoms with Crippen LogP contribution in [0.1, 0.15) is 39.0 Å². The highest BCUT2D eigenvalue weighted by Crippen LogP contribution is 2.55. The first-order valence-electron chi connectivity index (χ1n) is 8.13. The van der Waals surface area contributed by atoms with Gasteiger partial charge in [0.15, 0.2) is 0 Å². The lowest BCUT2D eigenvalue weighted by molar-refractivity contribution is -0.114. The van der Waals surface area contributed by atoms with Gasteiger partial charge >= 0.3 is 0 Å². The second-order valence-corrected chi connectivity index (χ2v) is 6.49. The van der Waals surface area contributed by atoms with Crippen LogP contribution in [0.3, 0.4) is 0 Å². The molecule has 2 aliphatic carbocycles. The molecule has 2 atom stereocenters. The molecule has 21 heavy (non-hydrogen) atoms. The highest BCUT2D eigenvalue weighted by molar-refractivity contribution is 5.81. The summed E-state index contributed by atoms with van der Waals surface area (Å²) < 4.78 is 5.99. The summed E-state index contributed by atoms with van der Waals surface area (Å²) >= 11 is 0. The highest BCUT2D eigenvalue weighted by Gasteiger charge is 2.56. The van der Waals surface area contributed by atoms with Gasteiger partial charge in [-0.25, -0.2) is 0 Å². The Hall–Kier alpha value is -1.55. The van der Waals surface area contributed by atoms with E-state index >= 15 is 0 Å². The van der Waals surface area contributed by atoms with Gasteiger partial charge in [-0.3, -0.25) is 5.10 Å². The van der Waals surface area contributed by atoms with Crippen LogP contribution in [0.2, 0.25) is 0 Å². The zero-order valence-corrected chi connectivity index (χ0v) is 12.6. The van der Waals surface area contributed by atoms with E-state index in [9.17, 15) is 0 Å². The fourth-order valence-corrected chi connectivity index (χ4v) is 4.32. The summed E-state index contributed by atoms with van der Waals surface area (Å²) in [6.45, 7) is 2.94. The van der Waals surface area contributed by atoms with Crippen molar-refractivity contribution >= 4 is 16.6 Å². The summed E-state index contributed by atoms with van der Waals surface area (Å²) in [5.41, 5.74) is 2.66. The molecule has 1 spiro atoms. The maximum absolute atomic E-state index is 5.99. The SMILES string of the molecule is CCOC1CC(Nc2ccc3cn[nH]c3c2)C12CCCC2. The van der Waals surface area contributed by atoms with Crippen molar-refractivity contribution in [2.24, 2.45) is 5.41 Å². The first-order chi connectivity index (χ1) is 10.3. The third kappa shape index (κ3) is 2.04. The molecular weight excluding hydrogens is 262 g/mol. The van der Waals surface area contributed by atoms with Crippen LogP contribution in [0.4, 0.5) is 5.69 Å². The molecule has 2 unspecified atom stereocenters. The molecule has 4 nitrogen and oxygen atoms in total. The lowest BCUT2D eigenvalue weighted by Crippen LogP contribution is -2.60. The summed E-state index contributed by atoms with van der Waals surface area (Å²) in [4.78, 5) is 0. The van der Waals surface area contributed by atoms with E-state index in [1.807, 2.05) is 6.20 Å². The standard InChI is InChI=1S/C17H23N3O/c1-2-21-16-10-15(17(16)7-3-4-8-17)19-13-6-5-12-11-18-20-14(12)9-13/h5-6,9,11,15-16,19H,2-4,7-8,10H2,1H3,(H,18,20). The molecule has 0 aliphatic heterocycles. The molecule has 1 heterocycles. The minimum Gasteiger partial charge on any atom is -0.381 e. The van der Waals surface area contributed by atoms with E-state index in [4.69, 9.17) is 4.74 Å². The molecule has 2 aliphatic rings. The van der Waals surface area contributed by atoms with Crippen LogP contribution in [-0.4, -0.2) is 29.0 Å². The molecule has 2 N–H and O–H groups in total. The molecule has 1 aromatic carbocycles. The predicted octanol–water partition coefficient (Wildman–Crippen LogP) is 3.71. The number of aromatic amines is 1. The Morgan fingerprint density at radius 2 is 2.24 bits per heavy atom. The first kappa shape index (κ1) is 13.1. The van der Waals surface area contributed by atoms with Gasteiger partial charge in [-0.15, -0.1) is 0 Å². The Morgan fingerprint density at radius 3 is 3.05 bits per heavy atom. The van der Waals surface area contributed by atoms with Gasteiger partial charge in [-0.05, 0) is 44.4 Å². The third-order valence-corrected chi connectivity index (χ3v) is 5.47. The summed E-state index contributed by atoms with van der Waals surface area (Å²) in [5, 5.41) is 12.1. The Bertz CT molecular complexity index is 630. The minimum atomic E-state index is 0.374. The fourth-order valence-electron chi connectivity index (χ4n) is 4.32. The van der Waals surface area contributed by atoms with Crippen LogP contribution in [0.15, 0.2) is 24.4 Å². The monoisotopic (exact) mass is 285 g/mol. The number of hydrogen-bond donors (Lipinski definition) is 2. The van der Waals surface area contributed by atoms with Crippen molar-refractivity contribution in [3.63, 3.8) is 0 Å². The van der Waals surface area contributed by atoms with Crippen molar-refractivity contribution in [1.29, 1.82) is 0 Å². The fraction of sp³-hybridized carbons (Fsp3) is 0.588. The van der Waals surface area contributed by atoms with Gasteiger partial charge in [0.2, 0.25) is 0 Å². The van der Waals surface area contributed by atoms with Crippen LogP contribution in [-0.2, 0) is 4.74 Å². The molecule has 0 bridgehead atoms. The molecule has 2 saturated carbocycles. The van der Waals surface area contributed by atoms with Gasteiger partial charge in [0, 0.05) is 29.1 Å². The van der Waals surface area contributed by atoms with Gasteiger partial charge in [-0.1, -0.05) is 12.8 Å². The van der Waals surface area contributed by atoms with E-state index in [0.29, 0.717) is 17.6 Å². The number of benzene rings is 1. The van der Waals surface area contributed by atoms with E-state index in [1.54, 1.807) is 0 Å². The molecule has 0 amide bonds. The van der Waals surface area contributed by atoms with Gasteiger partial charge in [0.25, 0.3) is 0 Å². The van der Waals surface area contributed by atoms with Crippen LogP contribution in [0.5, 0.6) is 0 Å². The number of hydrogen-bond acceptors (Lipinski definition) is 3. The molecule has 4 heteroatoms. The number of H-pyrrole nitrogens is 1. The van der Waals surface area contributed by atoms with Crippen molar-refractivity contribution < 1.29 is 4.74 Å². The molecule has 0 saturated heterocycles. The quantitative estimate of drug-likeness (QED) is 0.900. The van der Waals surface area contributed by atoms with Crippen molar-refractivity contribution in [3.8, 4) is 0 Å². The van der Waals surface area contributed by atoms with Gasteiger partial charge in [0.1, 0.15) is 0 Å². The average molecular weight is 285 g/mol. The number of aromatic nitrogens is 2. The van der Waals surface area contributed by atoms with Crippen molar-refractivity contribution in [2.45, 2.75) is 51.2 Å². The minimum absolute atomic E-state index is 0.374. The molecule has 2 fully saturated rings. The number of rotatable bonds is 4. The van der Waals surface area contributed by atoms with E-state index in [0.717, 1.165) is 23.9 Å². The topological polar surface area (TPSA) is 49.9 Å². The van der Waals surface area contributed by atoms with Crippen LogP contribution < -0.4 is 5.32 Å². The van der Waals surface area contributed by atoms with Gasteiger partial charge in [-0.2, -0.15) is 5.10 Å². The molecule has 4 rings (SSSR count). The van der Waals surface area contributed by atoms with Crippen molar-refractivity contribution in [3.05, 3.63) is 24.4 Å². The third-order valence-electron chi connectivity index (χ3n) is 5.47. The van der Waals surface area contributed by atoms with Gasteiger partial charge < -0.3 is 10.1 Å². The zero-order valence-electron chi connectivity index (χ0n) is 12.6. The summed E-state index contributed by atoms with van der Waals surface area (Å²) in [6.07, 6.45) is 8.77. The van der Waals surface area contributed by atoms with E-state index in [1.165, 1.54) is 31.4 Å². The largest absolute Gasteiger partial charge is 0.381 e. The van der Waals surface area contributed by atoms with Crippen LogP contribution >= 0.6 is 0 Å². The second-order valence-electron chi connectivity index (χ2n) is 6.49. The van der Waals surface area contributed by atoms with Crippen LogP contribution in [0, 0.1) is 5.41 Å². The number of nitrogens with zero attached hydrogens (tertiary/aromatic N) is 1. The highest BCUT2D eigenvalue weighted by atomic mass is 16.5. The zero-order chi connectivity index (χ0) is 14.3. The van der Waals surface area contributed by atoms with E-state index in [-0.39, 0.29) is 0 Å². The second kappa shape index (κ2) is 5.02. The average Bonchev–Trinajstić information content (AvgIpc) is 3.16. The molecule has 2 aromatic rings. The number of nitrogens with one attached hydrogen (secondary N) is 2. The Kier molecular flexibility index (Phi) is 3.14. The normalized spacial score (nSPS) is 27.1. The van der Waals surface area contributed by atoms with Gasteiger partial charge in [0.05, 0.1) is 17.8 Å². The lowest BCUT2D eigenvalue weighted by Gasteiger charge is -2.54. The molecule has 0 radical (unpaired) electrons. The summed E-state index contributed by atoms with van der Waals surface area (Å²) in [5.74, 6) is 0. The Balaban J connectivity index is 1.53. The summed E-state index contributed by atoms with van der Waals surface area (Å²) in [7, 11) is 0. The smallest absolute Gasteiger partial charge is 0.0670 e. The lowest BCUT2D eigenvalue weighted by atomic mass is 9.60. The molecule has 112 valence electrons. The van der Waals surface area contributed by atoms with Crippen molar-refractivity contribution in [2.75, 3.05) is 11.9 Å².